The molecule has 180 valence electrons. The van der Waals surface area contributed by atoms with E-state index in [4.69, 9.17) is 16.3 Å². The Kier molecular flexibility index (Phi) is 8.66. The number of nitrogens with zero attached hydrogens (tertiary/aromatic N) is 1. The number of aryl methyl sites for hydroxylation is 1. The Bertz CT molecular complexity index is 1010. The van der Waals surface area contributed by atoms with Crippen LogP contribution in [0.1, 0.15) is 54.4 Å². The predicted octanol–water partition coefficient (Wildman–Crippen LogP) is 6.77. The van der Waals surface area contributed by atoms with Crippen molar-refractivity contribution in [1.82, 2.24) is 4.90 Å². The summed E-state index contributed by atoms with van der Waals surface area (Å²) in [4.78, 5) is 2.52. The van der Waals surface area contributed by atoms with Gasteiger partial charge in [0.2, 0.25) is 0 Å². The van der Waals surface area contributed by atoms with Crippen molar-refractivity contribution in [2.24, 2.45) is 0 Å². The first-order valence-corrected chi connectivity index (χ1v) is 12.9. The fraction of sp³-hybridized carbons (Fsp3) is 0.400. The molecule has 0 radical (unpaired) electrons. The van der Waals surface area contributed by atoms with Gasteiger partial charge < -0.3 is 9.84 Å². The van der Waals surface area contributed by atoms with Gasteiger partial charge in [-0.25, -0.2) is 0 Å². The molecule has 0 amide bonds. The van der Waals surface area contributed by atoms with E-state index in [9.17, 15) is 5.11 Å². The largest absolute Gasteiger partial charge is 0.492 e. The summed E-state index contributed by atoms with van der Waals surface area (Å²) in [5, 5.41) is 12.7. The molecule has 0 saturated carbocycles. The van der Waals surface area contributed by atoms with E-state index in [1.807, 2.05) is 72.8 Å². The molecule has 0 spiro atoms. The Morgan fingerprint density at radius 1 is 0.794 bits per heavy atom. The van der Waals surface area contributed by atoms with Crippen molar-refractivity contribution in [1.29, 1.82) is 0 Å². The van der Waals surface area contributed by atoms with E-state index in [1.165, 1.54) is 50.8 Å². The van der Waals surface area contributed by atoms with Crippen LogP contribution < -0.4 is 4.74 Å². The van der Waals surface area contributed by atoms with Crippen molar-refractivity contribution in [2.75, 3.05) is 26.2 Å². The number of hydrogen-bond acceptors (Lipinski definition) is 3. The minimum Gasteiger partial charge on any atom is -0.492 e. The molecule has 1 fully saturated rings. The van der Waals surface area contributed by atoms with Crippen molar-refractivity contribution in [3.05, 3.63) is 100 Å². The average Bonchev–Trinajstić information content (AvgIpc) is 2.82. The highest BCUT2D eigenvalue weighted by atomic mass is 35.5. The molecule has 1 aliphatic rings. The SMILES string of the molecule is Cc1ccc(C(O)(Cc2ccc(Cl)cc2)c2ccc(OCCN3CCCCCCC3)cc2)cc1. The van der Waals surface area contributed by atoms with Crippen LogP contribution in [0, 0.1) is 6.92 Å². The molecule has 1 unspecified atom stereocenters. The van der Waals surface area contributed by atoms with Gasteiger partial charge in [0.15, 0.2) is 0 Å². The van der Waals surface area contributed by atoms with E-state index in [0.29, 0.717) is 18.1 Å². The standard InChI is InChI=1S/C30H36ClNO2/c1-24-7-11-26(12-8-24)30(33,23-25-9-15-28(31)16-10-25)27-13-17-29(18-14-27)34-22-21-32-19-5-3-2-4-6-20-32/h7-18,33H,2-6,19-23H2,1H3. The summed E-state index contributed by atoms with van der Waals surface area (Å²) in [7, 11) is 0. The summed E-state index contributed by atoms with van der Waals surface area (Å²) in [6.45, 7) is 6.06. The van der Waals surface area contributed by atoms with Crippen molar-refractivity contribution in [2.45, 2.75) is 51.0 Å². The van der Waals surface area contributed by atoms with Crippen LogP contribution in [-0.2, 0) is 12.0 Å². The van der Waals surface area contributed by atoms with Gasteiger partial charge in [0.25, 0.3) is 0 Å². The van der Waals surface area contributed by atoms with Crippen molar-refractivity contribution >= 4 is 11.6 Å². The van der Waals surface area contributed by atoms with E-state index in [-0.39, 0.29) is 0 Å². The zero-order chi connectivity index (χ0) is 23.8. The number of aliphatic hydroxyl groups is 1. The highest BCUT2D eigenvalue weighted by Crippen LogP contribution is 2.34. The Balaban J connectivity index is 1.46. The van der Waals surface area contributed by atoms with Gasteiger partial charge in [-0.3, -0.25) is 4.90 Å². The lowest BCUT2D eigenvalue weighted by Gasteiger charge is -2.30. The minimum absolute atomic E-state index is 0.461. The molecule has 4 rings (SSSR count). The maximum atomic E-state index is 12.0. The lowest BCUT2D eigenvalue weighted by Crippen LogP contribution is -2.31. The van der Waals surface area contributed by atoms with Gasteiger partial charge in [-0.2, -0.15) is 0 Å². The van der Waals surface area contributed by atoms with E-state index in [2.05, 4.69) is 11.8 Å². The smallest absolute Gasteiger partial charge is 0.119 e. The number of ether oxygens (including phenoxy) is 1. The zero-order valence-corrected chi connectivity index (χ0v) is 20.9. The molecule has 1 heterocycles. The monoisotopic (exact) mass is 477 g/mol. The summed E-state index contributed by atoms with van der Waals surface area (Å²) in [6, 6.07) is 23.7. The maximum absolute atomic E-state index is 12.0. The second kappa shape index (κ2) is 11.9. The number of rotatable bonds is 8. The van der Waals surface area contributed by atoms with Crippen molar-refractivity contribution in [3.63, 3.8) is 0 Å². The molecular weight excluding hydrogens is 442 g/mol. The van der Waals surface area contributed by atoms with Gasteiger partial charge in [-0.15, -0.1) is 0 Å². The first-order chi connectivity index (χ1) is 16.5. The topological polar surface area (TPSA) is 32.7 Å². The number of benzene rings is 3. The molecular formula is C30H36ClNO2. The van der Waals surface area contributed by atoms with Gasteiger partial charge in [0.1, 0.15) is 18.0 Å². The van der Waals surface area contributed by atoms with Crippen LogP contribution in [0.2, 0.25) is 5.02 Å². The van der Waals surface area contributed by atoms with E-state index < -0.39 is 5.60 Å². The van der Waals surface area contributed by atoms with Gasteiger partial charge >= 0.3 is 0 Å². The number of halogens is 1. The van der Waals surface area contributed by atoms with E-state index >= 15 is 0 Å². The number of hydrogen-bond donors (Lipinski definition) is 1. The third-order valence-corrected chi connectivity index (χ3v) is 7.11. The zero-order valence-electron chi connectivity index (χ0n) is 20.2. The van der Waals surface area contributed by atoms with Crippen molar-refractivity contribution < 1.29 is 9.84 Å². The average molecular weight is 478 g/mol. The van der Waals surface area contributed by atoms with E-state index in [0.717, 1.165) is 29.0 Å². The molecule has 1 aliphatic heterocycles. The summed E-state index contributed by atoms with van der Waals surface area (Å²) in [6.07, 6.45) is 7.11. The summed E-state index contributed by atoms with van der Waals surface area (Å²) in [5.41, 5.74) is 2.77. The molecule has 3 aromatic rings. The fourth-order valence-electron chi connectivity index (χ4n) is 4.75. The molecule has 1 saturated heterocycles. The fourth-order valence-corrected chi connectivity index (χ4v) is 4.88. The summed E-state index contributed by atoms with van der Waals surface area (Å²) >= 11 is 6.08. The lowest BCUT2D eigenvalue weighted by molar-refractivity contribution is 0.0810. The molecule has 1 atom stereocenters. The van der Waals surface area contributed by atoms with E-state index in [1.54, 1.807) is 0 Å². The number of likely N-dealkylation sites (tertiary alicyclic amines) is 1. The van der Waals surface area contributed by atoms with Crippen LogP contribution in [0.5, 0.6) is 5.75 Å². The molecule has 1 N–H and O–H groups in total. The Morgan fingerprint density at radius 3 is 1.97 bits per heavy atom. The van der Waals surface area contributed by atoms with Crippen LogP contribution in [0.25, 0.3) is 0 Å². The molecule has 34 heavy (non-hydrogen) atoms. The van der Waals surface area contributed by atoms with Crippen LogP contribution in [0.4, 0.5) is 0 Å². The van der Waals surface area contributed by atoms with Crippen LogP contribution in [-0.4, -0.2) is 36.2 Å². The highest BCUT2D eigenvalue weighted by molar-refractivity contribution is 6.30. The third kappa shape index (κ3) is 6.63. The molecule has 0 aliphatic carbocycles. The predicted molar refractivity (Wildman–Crippen MR) is 141 cm³/mol. The molecule has 3 aromatic carbocycles. The van der Waals surface area contributed by atoms with Gasteiger partial charge in [-0.1, -0.05) is 85.0 Å². The lowest BCUT2D eigenvalue weighted by atomic mass is 9.81. The van der Waals surface area contributed by atoms with Crippen LogP contribution >= 0.6 is 11.6 Å². The Morgan fingerprint density at radius 2 is 1.35 bits per heavy atom. The molecule has 3 nitrogen and oxygen atoms in total. The second-order valence-corrected chi connectivity index (χ2v) is 9.95. The Labute approximate surface area is 209 Å². The molecule has 0 bridgehead atoms. The second-order valence-electron chi connectivity index (χ2n) is 9.51. The summed E-state index contributed by atoms with van der Waals surface area (Å²) in [5.74, 6) is 0.841. The summed E-state index contributed by atoms with van der Waals surface area (Å²) < 4.78 is 6.06. The maximum Gasteiger partial charge on any atom is 0.119 e. The van der Waals surface area contributed by atoms with Crippen molar-refractivity contribution in [3.8, 4) is 5.75 Å². The first-order valence-electron chi connectivity index (χ1n) is 12.5. The van der Waals surface area contributed by atoms with Gasteiger partial charge in [0.05, 0.1) is 0 Å². The van der Waals surface area contributed by atoms with Gasteiger partial charge in [0, 0.05) is 18.0 Å². The normalized spacial score (nSPS) is 16.9. The van der Waals surface area contributed by atoms with Crippen LogP contribution in [0.3, 0.4) is 0 Å². The van der Waals surface area contributed by atoms with Gasteiger partial charge in [-0.05, 0) is 73.8 Å². The molecule has 0 aromatic heterocycles. The minimum atomic E-state index is -1.15. The van der Waals surface area contributed by atoms with Crippen LogP contribution in [0.15, 0.2) is 72.8 Å². The Hall–Kier alpha value is -2.33. The quantitative estimate of drug-likeness (QED) is 0.388. The highest BCUT2D eigenvalue weighted by Gasteiger charge is 2.32. The molecule has 4 heteroatoms. The first kappa shape index (κ1) is 24.8. The third-order valence-electron chi connectivity index (χ3n) is 6.86.